The standard InChI is InChI=1S/C25H28N4O2/c1-28(18-23-26-22-9-5-4-8-21(22)25(31)27-23)24(30)15-12-19-10-13-20(14-11-19)29-16-6-2-3-7-17-29/h4-5,8-15H,2-3,6-7,16-18H2,1H3,(H,26,27,31). The zero-order valence-electron chi connectivity index (χ0n) is 17.9. The number of anilines is 1. The first kappa shape index (κ1) is 20.8. The van der Waals surface area contributed by atoms with Crippen molar-refractivity contribution < 1.29 is 4.79 Å². The molecule has 6 nitrogen and oxygen atoms in total. The summed E-state index contributed by atoms with van der Waals surface area (Å²) in [6.45, 7) is 2.46. The molecule has 1 fully saturated rings. The Labute approximate surface area is 182 Å². The molecule has 0 saturated carbocycles. The minimum Gasteiger partial charge on any atom is -0.372 e. The van der Waals surface area contributed by atoms with Crippen LogP contribution < -0.4 is 10.5 Å². The van der Waals surface area contributed by atoms with E-state index in [9.17, 15) is 9.59 Å². The number of hydrogen-bond acceptors (Lipinski definition) is 4. The van der Waals surface area contributed by atoms with Crippen LogP contribution in [0.15, 0.2) is 59.4 Å². The average Bonchev–Trinajstić information content (AvgIpc) is 3.07. The Morgan fingerprint density at radius 2 is 1.77 bits per heavy atom. The summed E-state index contributed by atoms with van der Waals surface area (Å²) in [5, 5.41) is 0.545. The predicted octanol–water partition coefficient (Wildman–Crippen LogP) is 3.98. The largest absolute Gasteiger partial charge is 0.372 e. The van der Waals surface area contributed by atoms with Crippen molar-refractivity contribution in [3.63, 3.8) is 0 Å². The van der Waals surface area contributed by atoms with Crippen molar-refractivity contribution in [1.82, 2.24) is 14.9 Å². The van der Waals surface area contributed by atoms with Gasteiger partial charge in [-0.2, -0.15) is 0 Å². The molecule has 1 N–H and O–H groups in total. The molecule has 1 aromatic heterocycles. The highest BCUT2D eigenvalue weighted by molar-refractivity contribution is 5.91. The van der Waals surface area contributed by atoms with E-state index in [2.05, 4.69) is 27.0 Å². The van der Waals surface area contributed by atoms with Gasteiger partial charge in [-0.1, -0.05) is 37.1 Å². The van der Waals surface area contributed by atoms with E-state index >= 15 is 0 Å². The maximum absolute atomic E-state index is 12.5. The van der Waals surface area contributed by atoms with Gasteiger partial charge in [-0.25, -0.2) is 4.98 Å². The number of nitrogens with zero attached hydrogens (tertiary/aromatic N) is 3. The third-order valence-corrected chi connectivity index (χ3v) is 5.71. The fourth-order valence-electron chi connectivity index (χ4n) is 3.93. The van der Waals surface area contributed by atoms with Crippen LogP contribution >= 0.6 is 0 Å². The molecule has 0 radical (unpaired) electrons. The van der Waals surface area contributed by atoms with Gasteiger partial charge >= 0.3 is 0 Å². The van der Waals surface area contributed by atoms with Gasteiger partial charge in [0.25, 0.3) is 5.56 Å². The molecule has 31 heavy (non-hydrogen) atoms. The summed E-state index contributed by atoms with van der Waals surface area (Å²) in [7, 11) is 1.70. The van der Waals surface area contributed by atoms with E-state index < -0.39 is 0 Å². The average molecular weight is 417 g/mol. The van der Waals surface area contributed by atoms with Crippen molar-refractivity contribution in [3.8, 4) is 0 Å². The first-order valence-corrected chi connectivity index (χ1v) is 10.9. The highest BCUT2D eigenvalue weighted by atomic mass is 16.2. The molecule has 160 valence electrons. The van der Waals surface area contributed by atoms with Crippen LogP contribution in [0.5, 0.6) is 0 Å². The third-order valence-electron chi connectivity index (χ3n) is 5.71. The lowest BCUT2D eigenvalue weighted by atomic mass is 10.1. The summed E-state index contributed by atoms with van der Waals surface area (Å²) in [4.78, 5) is 35.9. The maximum atomic E-state index is 12.5. The Balaban J connectivity index is 1.39. The summed E-state index contributed by atoms with van der Waals surface area (Å²) in [5.41, 5.74) is 2.66. The molecule has 0 aliphatic carbocycles. The topological polar surface area (TPSA) is 69.3 Å². The quantitative estimate of drug-likeness (QED) is 0.639. The van der Waals surface area contributed by atoms with E-state index in [4.69, 9.17) is 0 Å². The molecular formula is C25H28N4O2. The Kier molecular flexibility index (Phi) is 6.46. The molecule has 1 amide bonds. The molecule has 0 spiro atoms. The Hall–Kier alpha value is -3.41. The molecule has 1 aliphatic heterocycles. The second-order valence-corrected chi connectivity index (χ2v) is 8.05. The minimum atomic E-state index is -0.193. The predicted molar refractivity (Wildman–Crippen MR) is 125 cm³/mol. The lowest BCUT2D eigenvalue weighted by Crippen LogP contribution is -2.26. The van der Waals surface area contributed by atoms with Gasteiger partial charge in [-0.3, -0.25) is 9.59 Å². The molecule has 6 heteroatoms. The van der Waals surface area contributed by atoms with E-state index in [0.29, 0.717) is 16.7 Å². The number of hydrogen-bond donors (Lipinski definition) is 1. The minimum absolute atomic E-state index is 0.146. The van der Waals surface area contributed by atoms with Crippen LogP contribution in [-0.4, -0.2) is 40.9 Å². The number of aromatic amines is 1. The first-order chi connectivity index (χ1) is 15.1. The molecule has 4 rings (SSSR count). The van der Waals surface area contributed by atoms with E-state index in [0.717, 1.165) is 18.7 Å². The Morgan fingerprint density at radius 3 is 2.52 bits per heavy atom. The van der Waals surface area contributed by atoms with Gasteiger partial charge in [0.2, 0.25) is 5.91 Å². The Morgan fingerprint density at radius 1 is 1.06 bits per heavy atom. The second kappa shape index (κ2) is 9.60. The highest BCUT2D eigenvalue weighted by Crippen LogP contribution is 2.20. The smallest absolute Gasteiger partial charge is 0.258 e. The molecule has 0 unspecified atom stereocenters. The van der Waals surface area contributed by atoms with Crippen LogP contribution in [-0.2, 0) is 11.3 Å². The summed E-state index contributed by atoms with van der Waals surface area (Å²) in [6.07, 6.45) is 8.51. The van der Waals surface area contributed by atoms with Crippen LogP contribution in [0.3, 0.4) is 0 Å². The maximum Gasteiger partial charge on any atom is 0.258 e. The molecule has 2 heterocycles. The van der Waals surface area contributed by atoms with Crippen molar-refractivity contribution in [2.45, 2.75) is 32.2 Å². The summed E-state index contributed by atoms with van der Waals surface area (Å²) < 4.78 is 0. The van der Waals surface area contributed by atoms with Crippen LogP contribution in [0.25, 0.3) is 17.0 Å². The van der Waals surface area contributed by atoms with Gasteiger partial charge < -0.3 is 14.8 Å². The number of likely N-dealkylation sites (N-methyl/N-ethyl adjacent to an activating group) is 1. The van der Waals surface area contributed by atoms with Crippen molar-refractivity contribution in [2.75, 3.05) is 25.0 Å². The normalized spacial score (nSPS) is 14.7. The third kappa shape index (κ3) is 5.20. The van der Waals surface area contributed by atoms with Crippen molar-refractivity contribution in [3.05, 3.63) is 76.3 Å². The van der Waals surface area contributed by atoms with E-state index in [1.165, 1.54) is 36.3 Å². The molecular weight excluding hydrogens is 388 g/mol. The number of nitrogens with one attached hydrogen (secondary N) is 1. The lowest BCUT2D eigenvalue weighted by molar-refractivity contribution is -0.125. The zero-order valence-corrected chi connectivity index (χ0v) is 17.9. The number of fused-ring (bicyclic) bond motifs is 1. The molecule has 0 bridgehead atoms. The Bertz CT molecular complexity index is 1130. The van der Waals surface area contributed by atoms with Gasteiger partial charge in [0.15, 0.2) is 0 Å². The number of amides is 1. The van der Waals surface area contributed by atoms with Crippen molar-refractivity contribution in [1.29, 1.82) is 0 Å². The fraction of sp³-hybridized carbons (Fsp3) is 0.320. The molecule has 2 aromatic carbocycles. The number of H-pyrrole nitrogens is 1. The number of rotatable bonds is 5. The van der Waals surface area contributed by atoms with Gasteiger partial charge in [0, 0.05) is 31.9 Å². The van der Waals surface area contributed by atoms with Crippen LogP contribution in [0.1, 0.15) is 37.1 Å². The van der Waals surface area contributed by atoms with Gasteiger partial charge in [-0.05, 0) is 48.7 Å². The van der Waals surface area contributed by atoms with E-state index in [-0.39, 0.29) is 18.0 Å². The number of para-hydroxylation sites is 1. The lowest BCUT2D eigenvalue weighted by Gasteiger charge is -2.22. The summed E-state index contributed by atoms with van der Waals surface area (Å²) >= 11 is 0. The van der Waals surface area contributed by atoms with Crippen LogP contribution in [0.4, 0.5) is 5.69 Å². The summed E-state index contributed by atoms with van der Waals surface area (Å²) in [6, 6.07) is 15.5. The first-order valence-electron chi connectivity index (χ1n) is 10.9. The van der Waals surface area contributed by atoms with Crippen molar-refractivity contribution in [2.24, 2.45) is 0 Å². The van der Waals surface area contributed by atoms with Gasteiger partial charge in [0.1, 0.15) is 5.82 Å². The molecule has 0 atom stereocenters. The number of carbonyl (C=O) groups excluding carboxylic acids is 1. The monoisotopic (exact) mass is 416 g/mol. The molecule has 1 saturated heterocycles. The number of carbonyl (C=O) groups is 1. The highest BCUT2D eigenvalue weighted by Gasteiger charge is 2.11. The number of aromatic nitrogens is 2. The van der Waals surface area contributed by atoms with Gasteiger partial charge in [-0.15, -0.1) is 0 Å². The van der Waals surface area contributed by atoms with Crippen molar-refractivity contribution >= 4 is 28.6 Å². The van der Waals surface area contributed by atoms with Crippen LogP contribution in [0.2, 0.25) is 0 Å². The molecule has 3 aromatic rings. The zero-order chi connectivity index (χ0) is 21.6. The SMILES string of the molecule is CN(Cc1nc2ccccc2c(=O)[nH]1)C(=O)C=Cc1ccc(N2CCCCCC2)cc1. The summed E-state index contributed by atoms with van der Waals surface area (Å²) in [5.74, 6) is 0.321. The van der Waals surface area contributed by atoms with Crippen LogP contribution in [0, 0.1) is 0 Å². The fourth-order valence-corrected chi connectivity index (χ4v) is 3.93. The van der Waals surface area contributed by atoms with Gasteiger partial charge in [0.05, 0.1) is 17.4 Å². The second-order valence-electron chi connectivity index (χ2n) is 8.05. The number of benzene rings is 2. The van der Waals surface area contributed by atoms with E-state index in [1.54, 1.807) is 31.3 Å². The molecule has 1 aliphatic rings. The van der Waals surface area contributed by atoms with E-state index in [1.807, 2.05) is 24.3 Å².